The van der Waals surface area contributed by atoms with Crippen molar-refractivity contribution in [3.05, 3.63) is 53.2 Å². The van der Waals surface area contributed by atoms with E-state index >= 15 is 0 Å². The SMILES string of the molecule is Cc1cc2cc3c(cc2c(-c2ccccc2Cl)[o+]1)OCO3.[O-][Cl+3]([O-])([O-])[O-]. The molecule has 2 heterocycles. The number of fused-ring (bicyclic) bond motifs is 2. The summed E-state index contributed by atoms with van der Waals surface area (Å²) in [5.41, 5.74) is 0.867. The summed E-state index contributed by atoms with van der Waals surface area (Å²) >= 11 is 6.31. The third kappa shape index (κ3) is 4.34. The smallest absolute Gasteiger partial charge is 0.369 e. The van der Waals surface area contributed by atoms with Gasteiger partial charge in [0.25, 0.3) is 0 Å². The first-order valence-electron chi connectivity index (χ1n) is 7.26. The average Bonchev–Trinajstić information content (AvgIpc) is 2.98. The van der Waals surface area contributed by atoms with Crippen molar-refractivity contribution in [3.63, 3.8) is 0 Å². The molecule has 0 saturated heterocycles. The Balaban J connectivity index is 0.000000349. The lowest BCUT2D eigenvalue weighted by atomic mass is 10.0. The maximum absolute atomic E-state index is 8.49. The van der Waals surface area contributed by atoms with Gasteiger partial charge in [0.2, 0.25) is 6.79 Å². The number of ether oxygens (including phenoxy) is 2. The van der Waals surface area contributed by atoms with Crippen molar-refractivity contribution >= 4 is 22.4 Å². The maximum atomic E-state index is 8.49. The van der Waals surface area contributed by atoms with Crippen LogP contribution in [0.15, 0.2) is 46.9 Å². The Morgan fingerprint density at radius 1 is 1.00 bits per heavy atom. The van der Waals surface area contributed by atoms with Crippen LogP contribution in [-0.4, -0.2) is 6.79 Å². The second-order valence-electron chi connectivity index (χ2n) is 5.34. The highest BCUT2D eigenvalue weighted by Crippen LogP contribution is 2.41. The minimum atomic E-state index is -4.94. The summed E-state index contributed by atoms with van der Waals surface area (Å²) in [6.07, 6.45) is 0. The lowest BCUT2D eigenvalue weighted by molar-refractivity contribution is -2.00. The molecular weight excluding hydrogens is 387 g/mol. The van der Waals surface area contributed by atoms with Crippen molar-refractivity contribution in [3.8, 4) is 22.8 Å². The number of aryl methyl sites for hydroxylation is 1. The van der Waals surface area contributed by atoms with Gasteiger partial charge in [-0.25, -0.2) is 23.1 Å². The first-order valence-corrected chi connectivity index (χ1v) is 8.87. The summed E-state index contributed by atoms with van der Waals surface area (Å²) in [5.74, 6) is 3.05. The van der Waals surface area contributed by atoms with Gasteiger partial charge in [0.15, 0.2) is 11.5 Å². The van der Waals surface area contributed by atoms with Crippen LogP contribution in [0.2, 0.25) is 5.02 Å². The highest BCUT2D eigenvalue weighted by atomic mass is 35.7. The largest absolute Gasteiger partial charge is 0.454 e. The fraction of sp³-hybridized carbons (Fsp3) is 0.118. The highest BCUT2D eigenvalue weighted by Gasteiger charge is 2.25. The Morgan fingerprint density at radius 2 is 1.62 bits per heavy atom. The van der Waals surface area contributed by atoms with E-state index in [1.54, 1.807) is 0 Å². The first-order chi connectivity index (χ1) is 12.2. The van der Waals surface area contributed by atoms with Crippen LogP contribution >= 0.6 is 11.6 Å². The molecule has 7 nitrogen and oxygen atoms in total. The van der Waals surface area contributed by atoms with Gasteiger partial charge in [0.1, 0.15) is 0 Å². The standard InChI is InChI=1S/C17H12ClO3.ClHO4/c1-10-6-11-7-15-16(20-9-19-15)8-13(11)17(21-10)12-4-2-3-5-14(12)18;2-1(3,4)5/h2-8H,9H2,1H3;(H,2,3,4,5)/q+1;/p-1. The fourth-order valence-electron chi connectivity index (χ4n) is 2.58. The summed E-state index contributed by atoms with van der Waals surface area (Å²) < 4.78 is 50.8. The van der Waals surface area contributed by atoms with Gasteiger partial charge in [-0.2, -0.15) is 0 Å². The molecule has 1 aliphatic heterocycles. The third-order valence-corrected chi connectivity index (χ3v) is 3.86. The molecule has 1 aromatic heterocycles. The summed E-state index contributed by atoms with van der Waals surface area (Å²) in [6, 6.07) is 13.5. The van der Waals surface area contributed by atoms with Gasteiger partial charge in [-0.3, -0.25) is 0 Å². The van der Waals surface area contributed by atoms with E-state index in [0.29, 0.717) is 5.02 Å². The number of benzene rings is 2. The van der Waals surface area contributed by atoms with Crippen molar-refractivity contribution in [2.45, 2.75) is 6.92 Å². The molecular formula is C17H12Cl2O7. The van der Waals surface area contributed by atoms with Crippen LogP contribution in [-0.2, 0) is 0 Å². The molecule has 0 spiro atoms. The zero-order valence-corrected chi connectivity index (χ0v) is 14.9. The predicted molar refractivity (Wildman–Crippen MR) is 81.9 cm³/mol. The van der Waals surface area contributed by atoms with Crippen molar-refractivity contribution in [1.82, 2.24) is 0 Å². The molecule has 4 rings (SSSR count). The van der Waals surface area contributed by atoms with Gasteiger partial charge in [0, 0.05) is 17.5 Å². The van der Waals surface area contributed by atoms with E-state index < -0.39 is 10.2 Å². The number of rotatable bonds is 1. The Morgan fingerprint density at radius 3 is 2.27 bits per heavy atom. The number of halogens is 2. The lowest BCUT2D eigenvalue weighted by Crippen LogP contribution is -2.68. The van der Waals surface area contributed by atoms with Gasteiger partial charge in [-0.15, -0.1) is 10.2 Å². The van der Waals surface area contributed by atoms with E-state index in [4.69, 9.17) is 44.1 Å². The molecule has 2 aromatic carbocycles. The normalized spacial score (nSPS) is 12.7. The molecule has 136 valence electrons. The molecule has 0 unspecified atom stereocenters. The van der Waals surface area contributed by atoms with Crippen LogP contribution in [0.3, 0.4) is 0 Å². The van der Waals surface area contributed by atoms with Crippen LogP contribution in [0.25, 0.3) is 22.1 Å². The van der Waals surface area contributed by atoms with E-state index in [-0.39, 0.29) is 6.79 Å². The van der Waals surface area contributed by atoms with Crippen molar-refractivity contribution in [2.75, 3.05) is 6.79 Å². The topological polar surface area (TPSA) is 122 Å². The van der Waals surface area contributed by atoms with Gasteiger partial charge >= 0.3 is 11.5 Å². The molecule has 0 N–H and O–H groups in total. The van der Waals surface area contributed by atoms with Gasteiger partial charge in [-0.1, -0.05) is 23.7 Å². The predicted octanol–water partition coefficient (Wildman–Crippen LogP) is 0.315. The molecule has 0 saturated carbocycles. The minimum absolute atomic E-state index is 0.253. The summed E-state index contributed by atoms with van der Waals surface area (Å²) in [5, 5.41) is 2.65. The fourth-order valence-corrected chi connectivity index (χ4v) is 2.81. The van der Waals surface area contributed by atoms with Crippen molar-refractivity contribution < 1.29 is 42.8 Å². The Kier molecular flexibility index (Phi) is 5.19. The van der Waals surface area contributed by atoms with E-state index in [9.17, 15) is 0 Å². The molecule has 0 atom stereocenters. The first kappa shape index (κ1) is 18.7. The van der Waals surface area contributed by atoms with Crippen LogP contribution in [0, 0.1) is 17.2 Å². The summed E-state index contributed by atoms with van der Waals surface area (Å²) in [6.45, 7) is 2.17. The maximum Gasteiger partial charge on any atom is 0.369 e. The Bertz CT molecular complexity index is 948. The van der Waals surface area contributed by atoms with Crippen LogP contribution < -0.4 is 28.1 Å². The van der Waals surface area contributed by atoms with E-state index in [2.05, 4.69) is 0 Å². The molecule has 0 aliphatic carbocycles. The quantitative estimate of drug-likeness (QED) is 0.540. The molecule has 3 aromatic rings. The summed E-state index contributed by atoms with van der Waals surface area (Å²) in [7, 11) is -4.94. The molecule has 9 heteroatoms. The summed E-state index contributed by atoms with van der Waals surface area (Å²) in [4.78, 5) is 0. The molecule has 0 fully saturated rings. The minimum Gasteiger partial charge on any atom is -0.454 e. The number of hydrogen-bond donors (Lipinski definition) is 0. The average molecular weight is 399 g/mol. The molecule has 0 radical (unpaired) electrons. The highest BCUT2D eigenvalue weighted by molar-refractivity contribution is 6.33. The van der Waals surface area contributed by atoms with Gasteiger partial charge in [0.05, 0.1) is 22.9 Å². The van der Waals surface area contributed by atoms with Gasteiger partial charge in [-0.05, 0) is 18.2 Å². The van der Waals surface area contributed by atoms with Gasteiger partial charge < -0.3 is 9.47 Å². The van der Waals surface area contributed by atoms with Crippen molar-refractivity contribution in [1.29, 1.82) is 0 Å². The Labute approximate surface area is 155 Å². The number of hydrogen-bond acceptors (Lipinski definition) is 6. The zero-order chi connectivity index (χ0) is 18.9. The van der Waals surface area contributed by atoms with Crippen LogP contribution in [0.4, 0.5) is 0 Å². The van der Waals surface area contributed by atoms with Crippen LogP contribution in [0.5, 0.6) is 11.5 Å². The van der Waals surface area contributed by atoms with E-state index in [1.165, 1.54) is 0 Å². The molecule has 0 amide bonds. The monoisotopic (exact) mass is 398 g/mol. The Hall–Kier alpha value is -2.13. The van der Waals surface area contributed by atoms with Crippen LogP contribution in [0.1, 0.15) is 5.76 Å². The molecule has 1 aliphatic rings. The molecule has 0 bridgehead atoms. The second kappa shape index (κ2) is 7.24. The second-order valence-corrected chi connectivity index (χ2v) is 6.50. The lowest BCUT2D eigenvalue weighted by Gasteiger charge is -2.17. The third-order valence-electron chi connectivity index (χ3n) is 3.53. The van der Waals surface area contributed by atoms with E-state index in [1.807, 2.05) is 49.4 Å². The molecule has 26 heavy (non-hydrogen) atoms. The van der Waals surface area contributed by atoms with Crippen molar-refractivity contribution in [2.24, 2.45) is 0 Å². The zero-order valence-electron chi connectivity index (χ0n) is 13.4. The van der Waals surface area contributed by atoms with E-state index in [0.717, 1.165) is 39.4 Å².